The fraction of sp³-hybridized carbons (Fsp3) is 0.160. The highest BCUT2D eigenvalue weighted by atomic mass is 16.5. The van der Waals surface area contributed by atoms with Crippen molar-refractivity contribution in [3.8, 4) is 22.8 Å². The summed E-state index contributed by atoms with van der Waals surface area (Å²) >= 11 is 0. The molecular formula is C25H24N4O2. The van der Waals surface area contributed by atoms with Gasteiger partial charge in [0.15, 0.2) is 5.82 Å². The summed E-state index contributed by atoms with van der Waals surface area (Å²) in [7, 11) is 0. The van der Waals surface area contributed by atoms with E-state index in [1.807, 2.05) is 92.7 Å². The number of aryl methyl sites for hydroxylation is 1. The first kappa shape index (κ1) is 20.3. The van der Waals surface area contributed by atoms with Gasteiger partial charge in [-0.3, -0.25) is 4.79 Å². The lowest BCUT2D eigenvalue weighted by Gasteiger charge is -2.08. The van der Waals surface area contributed by atoms with Crippen LogP contribution in [0.25, 0.3) is 17.1 Å². The average molecular weight is 412 g/mol. The minimum atomic E-state index is -0.317. The minimum absolute atomic E-state index is 0.126. The normalized spacial score (nSPS) is 10.6. The van der Waals surface area contributed by atoms with Gasteiger partial charge in [0.25, 0.3) is 5.91 Å². The third-order valence-corrected chi connectivity index (χ3v) is 4.77. The van der Waals surface area contributed by atoms with Gasteiger partial charge in [0, 0.05) is 12.1 Å². The molecule has 0 aliphatic rings. The first-order valence-electron chi connectivity index (χ1n) is 10.2. The summed E-state index contributed by atoms with van der Waals surface area (Å²) in [6.07, 6.45) is 0. The molecule has 6 heteroatoms. The predicted octanol–water partition coefficient (Wildman–Crippen LogP) is 4.57. The number of ether oxygens (including phenoxy) is 1. The number of nitrogens with zero attached hydrogens (tertiary/aromatic N) is 3. The van der Waals surface area contributed by atoms with Crippen LogP contribution in [-0.2, 0) is 6.54 Å². The van der Waals surface area contributed by atoms with Crippen molar-refractivity contribution in [3.05, 3.63) is 95.8 Å². The average Bonchev–Trinajstić information content (AvgIpc) is 3.25. The van der Waals surface area contributed by atoms with Gasteiger partial charge in [-0.25, -0.2) is 9.67 Å². The Bertz CT molecular complexity index is 1170. The fourth-order valence-electron chi connectivity index (χ4n) is 3.27. The summed E-state index contributed by atoms with van der Waals surface area (Å²) in [5, 5.41) is 7.43. The molecule has 1 heterocycles. The molecule has 6 nitrogen and oxygen atoms in total. The van der Waals surface area contributed by atoms with Gasteiger partial charge in [0.1, 0.15) is 5.75 Å². The second kappa shape index (κ2) is 9.26. The van der Waals surface area contributed by atoms with Gasteiger partial charge in [0.2, 0.25) is 5.82 Å². The molecule has 0 atom stereocenters. The fourth-order valence-corrected chi connectivity index (χ4v) is 3.27. The van der Waals surface area contributed by atoms with Crippen molar-refractivity contribution in [1.82, 2.24) is 20.1 Å². The van der Waals surface area contributed by atoms with E-state index in [0.717, 1.165) is 28.1 Å². The summed E-state index contributed by atoms with van der Waals surface area (Å²) in [4.78, 5) is 17.4. The Morgan fingerprint density at radius 2 is 1.77 bits per heavy atom. The zero-order valence-electron chi connectivity index (χ0n) is 17.6. The number of carbonyl (C=O) groups excluding carboxylic acids is 1. The lowest BCUT2D eigenvalue weighted by Crippen LogP contribution is -2.24. The van der Waals surface area contributed by atoms with Crippen molar-refractivity contribution >= 4 is 5.91 Å². The van der Waals surface area contributed by atoms with Crippen LogP contribution in [-0.4, -0.2) is 27.3 Å². The number of hydrogen-bond acceptors (Lipinski definition) is 4. The molecule has 3 aromatic carbocycles. The quantitative estimate of drug-likeness (QED) is 0.483. The first-order chi connectivity index (χ1) is 15.1. The van der Waals surface area contributed by atoms with E-state index in [9.17, 15) is 4.79 Å². The van der Waals surface area contributed by atoms with Crippen LogP contribution in [0.2, 0.25) is 0 Å². The SMILES string of the molecule is CCOc1ccc(-n2nc(C(=O)NCc3ccccc3)nc2-c2cccc(C)c2)cc1. The van der Waals surface area contributed by atoms with Crippen molar-refractivity contribution in [2.24, 2.45) is 0 Å². The van der Waals surface area contributed by atoms with Crippen molar-refractivity contribution in [3.63, 3.8) is 0 Å². The maximum atomic E-state index is 12.8. The van der Waals surface area contributed by atoms with Gasteiger partial charge >= 0.3 is 0 Å². The second-order valence-electron chi connectivity index (χ2n) is 7.14. The number of hydrogen-bond donors (Lipinski definition) is 1. The monoisotopic (exact) mass is 412 g/mol. The maximum absolute atomic E-state index is 12.8. The molecule has 4 aromatic rings. The molecule has 0 aliphatic heterocycles. The van der Waals surface area contributed by atoms with Crippen molar-refractivity contribution < 1.29 is 9.53 Å². The van der Waals surface area contributed by atoms with Crippen LogP contribution >= 0.6 is 0 Å². The van der Waals surface area contributed by atoms with Crippen molar-refractivity contribution in [2.45, 2.75) is 20.4 Å². The Labute approximate surface area is 181 Å². The van der Waals surface area contributed by atoms with E-state index in [0.29, 0.717) is 19.0 Å². The van der Waals surface area contributed by atoms with E-state index in [1.165, 1.54) is 0 Å². The molecule has 31 heavy (non-hydrogen) atoms. The van der Waals surface area contributed by atoms with Crippen LogP contribution in [0.5, 0.6) is 5.75 Å². The molecule has 0 spiro atoms. The molecule has 156 valence electrons. The van der Waals surface area contributed by atoms with E-state index >= 15 is 0 Å². The van der Waals surface area contributed by atoms with E-state index in [1.54, 1.807) is 4.68 Å². The van der Waals surface area contributed by atoms with Crippen LogP contribution in [0.1, 0.15) is 28.7 Å². The van der Waals surface area contributed by atoms with Crippen LogP contribution < -0.4 is 10.1 Å². The molecule has 0 bridgehead atoms. The molecule has 1 aromatic heterocycles. The smallest absolute Gasteiger partial charge is 0.291 e. The van der Waals surface area contributed by atoms with Crippen LogP contribution in [0.3, 0.4) is 0 Å². The molecule has 1 amide bonds. The third kappa shape index (κ3) is 4.80. The van der Waals surface area contributed by atoms with E-state index in [4.69, 9.17) is 4.74 Å². The topological polar surface area (TPSA) is 69.0 Å². The summed E-state index contributed by atoms with van der Waals surface area (Å²) < 4.78 is 7.23. The molecule has 0 saturated carbocycles. The van der Waals surface area contributed by atoms with Gasteiger partial charge in [-0.05, 0) is 49.7 Å². The van der Waals surface area contributed by atoms with E-state index in [-0.39, 0.29) is 11.7 Å². The molecule has 0 radical (unpaired) electrons. The molecule has 0 aliphatic carbocycles. The summed E-state index contributed by atoms with van der Waals surface area (Å²) in [5.41, 5.74) is 3.81. The van der Waals surface area contributed by atoms with Crippen molar-refractivity contribution in [1.29, 1.82) is 0 Å². The maximum Gasteiger partial charge on any atom is 0.291 e. The van der Waals surface area contributed by atoms with Gasteiger partial charge in [-0.1, -0.05) is 54.1 Å². The number of rotatable bonds is 7. The van der Waals surface area contributed by atoms with Crippen LogP contribution in [0.4, 0.5) is 0 Å². The molecule has 0 fully saturated rings. The predicted molar refractivity (Wildman–Crippen MR) is 120 cm³/mol. The number of aromatic nitrogens is 3. The standard InChI is InChI=1S/C25H24N4O2/c1-3-31-22-14-12-21(13-15-22)29-24(20-11-7-8-18(2)16-20)27-23(28-29)25(30)26-17-19-9-5-4-6-10-19/h4-16H,3,17H2,1-2H3,(H,26,30). The van der Waals surface area contributed by atoms with Gasteiger partial charge in [-0.15, -0.1) is 5.10 Å². The van der Waals surface area contributed by atoms with Gasteiger partial charge < -0.3 is 10.1 Å². The number of nitrogens with one attached hydrogen (secondary N) is 1. The molecule has 0 unspecified atom stereocenters. The number of amides is 1. The summed E-state index contributed by atoms with van der Waals surface area (Å²) in [6.45, 7) is 4.98. The highest BCUT2D eigenvalue weighted by Gasteiger charge is 2.19. The molecular weight excluding hydrogens is 388 g/mol. The zero-order valence-corrected chi connectivity index (χ0v) is 17.6. The zero-order chi connectivity index (χ0) is 21.6. The van der Waals surface area contributed by atoms with Crippen LogP contribution in [0.15, 0.2) is 78.9 Å². The Morgan fingerprint density at radius 3 is 2.48 bits per heavy atom. The lowest BCUT2D eigenvalue weighted by molar-refractivity contribution is 0.0940. The Kier molecular flexibility index (Phi) is 6.08. The highest BCUT2D eigenvalue weighted by molar-refractivity contribution is 5.91. The minimum Gasteiger partial charge on any atom is -0.494 e. The Hall–Kier alpha value is -3.93. The van der Waals surface area contributed by atoms with Crippen molar-refractivity contribution in [2.75, 3.05) is 6.61 Å². The third-order valence-electron chi connectivity index (χ3n) is 4.77. The molecule has 0 saturated heterocycles. The van der Waals surface area contributed by atoms with Crippen LogP contribution in [0, 0.1) is 6.92 Å². The Morgan fingerprint density at radius 1 is 1.00 bits per heavy atom. The van der Waals surface area contributed by atoms with E-state index < -0.39 is 0 Å². The molecule has 1 N–H and O–H groups in total. The van der Waals surface area contributed by atoms with E-state index in [2.05, 4.69) is 15.4 Å². The summed E-state index contributed by atoms with van der Waals surface area (Å²) in [6, 6.07) is 25.3. The van der Waals surface area contributed by atoms with Gasteiger partial charge in [-0.2, -0.15) is 0 Å². The summed E-state index contributed by atoms with van der Waals surface area (Å²) in [5.74, 6) is 1.20. The molecule has 4 rings (SSSR count). The van der Waals surface area contributed by atoms with Gasteiger partial charge in [0.05, 0.1) is 12.3 Å². The largest absolute Gasteiger partial charge is 0.494 e. The second-order valence-corrected chi connectivity index (χ2v) is 7.14. The highest BCUT2D eigenvalue weighted by Crippen LogP contribution is 2.23. The first-order valence-corrected chi connectivity index (χ1v) is 10.2. The Balaban J connectivity index is 1.67. The number of benzene rings is 3. The lowest BCUT2D eigenvalue weighted by atomic mass is 10.1. The number of carbonyl (C=O) groups is 1.